The first-order chi connectivity index (χ1) is 6.34. The van der Waals surface area contributed by atoms with Crippen molar-refractivity contribution in [3.63, 3.8) is 0 Å². The Kier molecular flexibility index (Phi) is 3.01. The Morgan fingerprint density at radius 2 is 1.86 bits per heavy atom. The minimum absolute atomic E-state index is 0.681. The first kappa shape index (κ1) is 11.3. The number of alkyl halides is 3. The molecule has 0 spiro atoms. The molecule has 0 heterocycles. The van der Waals surface area contributed by atoms with Gasteiger partial charge in [-0.1, -0.05) is 23.7 Å². The van der Waals surface area contributed by atoms with E-state index in [1.165, 1.54) is 0 Å². The number of benzene rings is 1. The Labute approximate surface area is 81.9 Å². The molecule has 0 unspecified atom stereocenters. The predicted molar refractivity (Wildman–Crippen MR) is 42.4 cm³/mol. The number of rotatable bonds is 1. The number of hydrogen-bond donors (Lipinski definition) is 1. The maximum Gasteiger partial charge on any atom is 0.418 e. The largest absolute Gasteiger partial charge is 0.418 e. The molecule has 0 fully saturated rings. The standard InChI is InChI=1S/C8H5ClF4O/c9-6-4(2-1-3-5(6)10)7(14)8(11,12)13/h1-3,7,14H/t7-/m0/s1. The van der Waals surface area contributed by atoms with Crippen molar-refractivity contribution in [2.75, 3.05) is 0 Å². The summed E-state index contributed by atoms with van der Waals surface area (Å²) >= 11 is 5.26. The monoisotopic (exact) mass is 228 g/mol. The molecule has 1 aromatic carbocycles. The van der Waals surface area contributed by atoms with Gasteiger partial charge in [0.15, 0.2) is 6.10 Å². The number of aliphatic hydroxyl groups excluding tert-OH is 1. The van der Waals surface area contributed by atoms with E-state index in [9.17, 15) is 17.6 Å². The smallest absolute Gasteiger partial charge is 0.379 e. The van der Waals surface area contributed by atoms with Gasteiger partial charge in [0.1, 0.15) is 5.82 Å². The zero-order chi connectivity index (χ0) is 10.9. The highest BCUT2D eigenvalue weighted by Crippen LogP contribution is 2.36. The van der Waals surface area contributed by atoms with Crippen molar-refractivity contribution in [1.29, 1.82) is 0 Å². The van der Waals surface area contributed by atoms with Gasteiger partial charge in [0.25, 0.3) is 0 Å². The van der Waals surface area contributed by atoms with Crippen LogP contribution in [0.5, 0.6) is 0 Å². The van der Waals surface area contributed by atoms with Crippen LogP contribution in [0.2, 0.25) is 5.02 Å². The second-order valence-corrected chi connectivity index (χ2v) is 2.97. The molecule has 1 nitrogen and oxygen atoms in total. The van der Waals surface area contributed by atoms with Crippen molar-refractivity contribution in [1.82, 2.24) is 0 Å². The lowest BCUT2D eigenvalue weighted by Gasteiger charge is -2.15. The zero-order valence-corrected chi connectivity index (χ0v) is 7.40. The van der Waals surface area contributed by atoms with Crippen LogP contribution in [0.3, 0.4) is 0 Å². The molecule has 0 bridgehead atoms. The topological polar surface area (TPSA) is 20.2 Å². The maximum absolute atomic E-state index is 12.7. The van der Waals surface area contributed by atoms with Crippen LogP contribution in [0.4, 0.5) is 17.6 Å². The Hall–Kier alpha value is -0.810. The van der Waals surface area contributed by atoms with E-state index < -0.39 is 28.7 Å². The van der Waals surface area contributed by atoms with E-state index in [2.05, 4.69) is 0 Å². The molecule has 0 amide bonds. The molecule has 0 saturated heterocycles. The minimum atomic E-state index is -4.85. The summed E-state index contributed by atoms with van der Waals surface area (Å²) in [6.45, 7) is 0. The molecule has 0 aliphatic carbocycles. The molecule has 0 saturated carbocycles. The van der Waals surface area contributed by atoms with Crippen LogP contribution < -0.4 is 0 Å². The summed E-state index contributed by atoms with van der Waals surface area (Å²) in [6, 6.07) is 2.88. The summed E-state index contributed by atoms with van der Waals surface area (Å²) in [5.74, 6) is -0.993. The average molecular weight is 229 g/mol. The lowest BCUT2D eigenvalue weighted by atomic mass is 10.1. The van der Waals surface area contributed by atoms with Crippen molar-refractivity contribution >= 4 is 11.6 Å². The van der Waals surface area contributed by atoms with Gasteiger partial charge < -0.3 is 5.11 Å². The van der Waals surface area contributed by atoms with E-state index in [0.717, 1.165) is 18.2 Å². The van der Waals surface area contributed by atoms with E-state index in [-0.39, 0.29) is 0 Å². The molecule has 0 aromatic heterocycles. The van der Waals surface area contributed by atoms with Gasteiger partial charge in [-0.25, -0.2) is 4.39 Å². The summed E-state index contributed by atoms with van der Waals surface area (Å²) in [5, 5.41) is 8.08. The van der Waals surface area contributed by atoms with Gasteiger partial charge in [-0.15, -0.1) is 0 Å². The van der Waals surface area contributed by atoms with Crippen LogP contribution in [-0.2, 0) is 0 Å². The van der Waals surface area contributed by atoms with Crippen molar-refractivity contribution in [2.45, 2.75) is 12.3 Å². The van der Waals surface area contributed by atoms with Gasteiger partial charge in [-0.05, 0) is 6.07 Å². The SMILES string of the molecule is O[C@@H](c1cccc(F)c1Cl)C(F)(F)F. The molecule has 1 atom stereocenters. The van der Waals surface area contributed by atoms with Crippen LogP contribution in [0, 0.1) is 5.82 Å². The van der Waals surface area contributed by atoms with Crippen LogP contribution in [0.15, 0.2) is 18.2 Å². The molecule has 78 valence electrons. The molecule has 6 heteroatoms. The Morgan fingerprint density at radius 3 is 2.36 bits per heavy atom. The highest BCUT2D eigenvalue weighted by atomic mass is 35.5. The van der Waals surface area contributed by atoms with Crippen LogP contribution in [0.1, 0.15) is 11.7 Å². The highest BCUT2D eigenvalue weighted by Gasteiger charge is 2.40. The lowest BCUT2D eigenvalue weighted by molar-refractivity contribution is -0.206. The van der Waals surface area contributed by atoms with Crippen LogP contribution in [0.25, 0.3) is 0 Å². The quantitative estimate of drug-likeness (QED) is 0.733. The Balaban J connectivity index is 3.14. The summed E-state index contributed by atoms with van der Waals surface area (Å²) in [7, 11) is 0. The Morgan fingerprint density at radius 1 is 1.29 bits per heavy atom. The summed E-state index contributed by atoms with van der Waals surface area (Å²) in [5.41, 5.74) is -0.681. The highest BCUT2D eigenvalue weighted by molar-refractivity contribution is 6.31. The van der Waals surface area contributed by atoms with Gasteiger partial charge in [-0.3, -0.25) is 0 Å². The zero-order valence-electron chi connectivity index (χ0n) is 6.65. The first-order valence-corrected chi connectivity index (χ1v) is 3.90. The van der Waals surface area contributed by atoms with E-state index in [1.54, 1.807) is 0 Å². The average Bonchev–Trinajstić information content (AvgIpc) is 2.07. The third kappa shape index (κ3) is 2.16. The van der Waals surface area contributed by atoms with Gasteiger partial charge in [0.2, 0.25) is 0 Å². The first-order valence-electron chi connectivity index (χ1n) is 3.52. The number of hydrogen-bond acceptors (Lipinski definition) is 1. The molecule has 1 aromatic rings. The molecular formula is C8H5ClF4O. The lowest BCUT2D eigenvalue weighted by Crippen LogP contribution is -2.20. The molecule has 14 heavy (non-hydrogen) atoms. The maximum atomic E-state index is 12.7. The summed E-state index contributed by atoms with van der Waals surface area (Å²) in [4.78, 5) is 0. The molecule has 1 N–H and O–H groups in total. The minimum Gasteiger partial charge on any atom is -0.379 e. The van der Waals surface area contributed by atoms with Gasteiger partial charge in [0.05, 0.1) is 5.02 Å². The number of aliphatic hydroxyl groups is 1. The second kappa shape index (κ2) is 3.74. The fraction of sp³-hybridized carbons (Fsp3) is 0.250. The fourth-order valence-corrected chi connectivity index (χ4v) is 1.14. The van der Waals surface area contributed by atoms with Gasteiger partial charge in [0, 0.05) is 5.56 Å². The molecule has 0 aliphatic rings. The van der Waals surface area contributed by atoms with Crippen molar-refractivity contribution < 1.29 is 22.7 Å². The normalized spacial score (nSPS) is 14.1. The summed E-state index contributed by atoms with van der Waals surface area (Å²) < 4.78 is 48.8. The third-order valence-corrected chi connectivity index (χ3v) is 1.98. The molecule has 0 radical (unpaired) electrons. The Bertz CT molecular complexity index is 337. The third-order valence-electron chi connectivity index (χ3n) is 1.59. The molecular weight excluding hydrogens is 224 g/mol. The molecule has 1 rings (SSSR count). The van der Waals surface area contributed by atoms with E-state index in [4.69, 9.17) is 16.7 Å². The van der Waals surface area contributed by atoms with E-state index in [1.807, 2.05) is 0 Å². The van der Waals surface area contributed by atoms with Gasteiger partial charge in [-0.2, -0.15) is 13.2 Å². The van der Waals surface area contributed by atoms with E-state index >= 15 is 0 Å². The van der Waals surface area contributed by atoms with Gasteiger partial charge >= 0.3 is 6.18 Å². The van der Waals surface area contributed by atoms with Crippen molar-refractivity contribution in [2.24, 2.45) is 0 Å². The summed E-state index contributed by atoms with van der Waals surface area (Å²) in [6.07, 6.45) is -7.61. The van der Waals surface area contributed by atoms with Crippen LogP contribution in [-0.4, -0.2) is 11.3 Å². The number of halogens is 5. The second-order valence-electron chi connectivity index (χ2n) is 2.59. The van der Waals surface area contributed by atoms with E-state index in [0.29, 0.717) is 0 Å². The van der Waals surface area contributed by atoms with Crippen molar-refractivity contribution in [3.8, 4) is 0 Å². The fourth-order valence-electron chi connectivity index (χ4n) is 0.908. The molecule has 0 aliphatic heterocycles. The van der Waals surface area contributed by atoms with Crippen molar-refractivity contribution in [3.05, 3.63) is 34.6 Å². The predicted octanol–water partition coefficient (Wildman–Crippen LogP) is 3.07. The van der Waals surface area contributed by atoms with Crippen LogP contribution >= 0.6 is 11.6 Å².